The molecule has 1 aromatic carbocycles. The summed E-state index contributed by atoms with van der Waals surface area (Å²) in [6.45, 7) is 1.74. The van der Waals surface area contributed by atoms with E-state index in [9.17, 15) is 14.4 Å². The maximum Gasteiger partial charge on any atom is 1.00 e. The molecule has 19 heavy (non-hydrogen) atoms. The Labute approximate surface area is 155 Å². The van der Waals surface area contributed by atoms with Crippen LogP contribution in [0.2, 0.25) is 0 Å². The number of hydrogen-bond donors (Lipinski definition) is 2. The molecule has 2 N–H and O–H groups in total. The second-order valence-corrected chi connectivity index (χ2v) is 3.86. The topological polar surface area (TPSA) is 75.3 Å². The van der Waals surface area contributed by atoms with Crippen LogP contribution in [0.4, 0.5) is 4.79 Å². The van der Waals surface area contributed by atoms with Crippen LogP contribution in [0.5, 0.6) is 0 Å². The first kappa shape index (κ1) is 18.8. The molecule has 7 heteroatoms. The molecule has 0 bridgehead atoms. The van der Waals surface area contributed by atoms with Gasteiger partial charge < -0.3 is 0 Å². The van der Waals surface area contributed by atoms with Gasteiger partial charge in [0, 0.05) is 0 Å². The van der Waals surface area contributed by atoms with E-state index in [1.165, 1.54) is 0 Å². The van der Waals surface area contributed by atoms with Gasteiger partial charge in [0.2, 0.25) is 11.8 Å². The summed E-state index contributed by atoms with van der Waals surface area (Å²) in [6, 6.07) is 7.96. The number of carbonyl (C=O) groups excluding carboxylic acids is 3. The molecule has 0 aromatic heterocycles. The fraction of sp³-hybridized carbons (Fsp3) is 0.250. The van der Waals surface area contributed by atoms with Crippen LogP contribution in [0.1, 0.15) is 18.9 Å². The number of benzene rings is 1. The van der Waals surface area contributed by atoms with Crippen molar-refractivity contribution in [3.8, 4) is 0 Å². The van der Waals surface area contributed by atoms with Crippen molar-refractivity contribution in [3.05, 3.63) is 35.9 Å². The molecule has 5 nitrogen and oxygen atoms in total. The smallest absolute Gasteiger partial charge is 0.277 e. The molecule has 0 atom stereocenters. The van der Waals surface area contributed by atoms with E-state index in [-0.39, 0.29) is 59.1 Å². The van der Waals surface area contributed by atoms with Crippen molar-refractivity contribution in [1.82, 2.24) is 10.6 Å². The fourth-order valence-corrected chi connectivity index (χ4v) is 2.06. The Hall–Kier alpha value is -0.170. The molecule has 0 unspecified atom stereocenters. The summed E-state index contributed by atoms with van der Waals surface area (Å²) in [5, 5.41) is 4.28. The first-order valence-corrected chi connectivity index (χ1v) is 5.33. The number of imide groups is 2. The zero-order chi connectivity index (χ0) is 12.5. The minimum Gasteiger partial charge on any atom is -0.277 e. The molecule has 1 saturated heterocycles. The van der Waals surface area contributed by atoms with Crippen molar-refractivity contribution in [1.29, 1.82) is 0 Å². The molecular weight excluding hydrogens is 266 g/mol. The maximum absolute atomic E-state index is 12.0. The van der Waals surface area contributed by atoms with Crippen molar-refractivity contribution in [2.75, 3.05) is 0 Å². The minimum atomic E-state index is -1.31. The molecule has 2 rings (SSSR count). The molecular formula is C12H12N2Na2O3+2. The van der Waals surface area contributed by atoms with Crippen LogP contribution >= 0.6 is 0 Å². The normalized spacial score (nSPS) is 16.6. The summed E-state index contributed by atoms with van der Waals surface area (Å²) >= 11 is 0. The molecule has 88 valence electrons. The van der Waals surface area contributed by atoms with E-state index in [1.807, 2.05) is 0 Å². The van der Waals surface area contributed by atoms with Crippen LogP contribution in [0.15, 0.2) is 30.3 Å². The summed E-state index contributed by atoms with van der Waals surface area (Å²) in [6.07, 6.45) is 0.294. The molecule has 1 aliphatic rings. The van der Waals surface area contributed by atoms with Gasteiger partial charge in [-0.3, -0.25) is 20.2 Å². The molecule has 1 aliphatic heterocycles. The average Bonchev–Trinajstić information content (AvgIpc) is 2.30. The maximum atomic E-state index is 12.0. The van der Waals surface area contributed by atoms with Gasteiger partial charge in [0.1, 0.15) is 0 Å². The average molecular weight is 278 g/mol. The Morgan fingerprint density at radius 2 is 1.42 bits per heavy atom. The van der Waals surface area contributed by atoms with E-state index < -0.39 is 23.3 Å². The van der Waals surface area contributed by atoms with Crippen LogP contribution in [0, 0.1) is 0 Å². The third-order valence-electron chi connectivity index (χ3n) is 3.03. The van der Waals surface area contributed by atoms with E-state index in [0.29, 0.717) is 12.0 Å². The SMILES string of the molecule is CCC1(c2ccccc2)C(=O)NC(=O)NC1=O.[Na+].[Na+]. The van der Waals surface area contributed by atoms with Crippen LogP contribution in [-0.2, 0) is 15.0 Å². The van der Waals surface area contributed by atoms with Gasteiger partial charge in [0.05, 0.1) is 0 Å². The van der Waals surface area contributed by atoms with E-state index in [4.69, 9.17) is 0 Å². The van der Waals surface area contributed by atoms with Gasteiger partial charge >= 0.3 is 65.1 Å². The molecule has 1 heterocycles. The molecule has 0 aliphatic carbocycles. The van der Waals surface area contributed by atoms with Crippen LogP contribution in [-0.4, -0.2) is 17.8 Å². The molecule has 0 saturated carbocycles. The first-order valence-electron chi connectivity index (χ1n) is 5.33. The van der Waals surface area contributed by atoms with Gasteiger partial charge in [-0.1, -0.05) is 37.3 Å². The number of barbiturate groups is 1. The summed E-state index contributed by atoms with van der Waals surface area (Å²) < 4.78 is 0. The summed E-state index contributed by atoms with van der Waals surface area (Å²) in [5.41, 5.74) is -0.722. The van der Waals surface area contributed by atoms with Crippen molar-refractivity contribution in [3.63, 3.8) is 0 Å². The van der Waals surface area contributed by atoms with E-state index in [1.54, 1.807) is 37.3 Å². The predicted octanol–water partition coefficient (Wildman–Crippen LogP) is -5.29. The number of nitrogens with one attached hydrogen (secondary N) is 2. The number of hydrogen-bond acceptors (Lipinski definition) is 3. The molecule has 0 radical (unpaired) electrons. The monoisotopic (exact) mass is 278 g/mol. The fourth-order valence-electron chi connectivity index (χ4n) is 2.06. The van der Waals surface area contributed by atoms with E-state index in [0.717, 1.165) is 0 Å². The van der Waals surface area contributed by atoms with E-state index in [2.05, 4.69) is 10.6 Å². The van der Waals surface area contributed by atoms with Gasteiger partial charge in [-0.05, 0) is 12.0 Å². The summed E-state index contributed by atoms with van der Waals surface area (Å²) in [5.74, 6) is -1.14. The van der Waals surface area contributed by atoms with Crippen molar-refractivity contribution in [2.24, 2.45) is 0 Å². The van der Waals surface area contributed by atoms with Crippen molar-refractivity contribution >= 4 is 17.8 Å². The second kappa shape index (κ2) is 7.57. The Balaban J connectivity index is 0.00000162. The van der Waals surface area contributed by atoms with Gasteiger partial charge in [-0.2, -0.15) is 0 Å². The first-order chi connectivity index (χ1) is 8.11. The summed E-state index contributed by atoms with van der Waals surface area (Å²) in [4.78, 5) is 35.0. The van der Waals surface area contributed by atoms with Gasteiger partial charge in [-0.25, -0.2) is 4.79 Å². The summed E-state index contributed by atoms with van der Waals surface area (Å²) in [7, 11) is 0. The van der Waals surface area contributed by atoms with Gasteiger partial charge in [-0.15, -0.1) is 0 Å². The van der Waals surface area contributed by atoms with Crippen LogP contribution in [0.3, 0.4) is 0 Å². The number of rotatable bonds is 2. The Bertz CT molecular complexity index is 471. The van der Waals surface area contributed by atoms with Crippen molar-refractivity contribution in [2.45, 2.75) is 18.8 Å². The van der Waals surface area contributed by atoms with E-state index >= 15 is 0 Å². The molecule has 4 amide bonds. The Morgan fingerprint density at radius 1 is 0.947 bits per heavy atom. The predicted molar refractivity (Wildman–Crippen MR) is 60.1 cm³/mol. The molecule has 0 spiro atoms. The van der Waals surface area contributed by atoms with Gasteiger partial charge in [0.15, 0.2) is 5.41 Å². The molecule has 1 fully saturated rings. The largest absolute Gasteiger partial charge is 1.00 e. The van der Waals surface area contributed by atoms with Gasteiger partial charge in [0.25, 0.3) is 0 Å². The number of amides is 4. The zero-order valence-electron chi connectivity index (χ0n) is 11.3. The number of urea groups is 1. The van der Waals surface area contributed by atoms with Crippen LogP contribution < -0.4 is 69.7 Å². The second-order valence-electron chi connectivity index (χ2n) is 3.86. The third kappa shape index (κ3) is 3.29. The third-order valence-corrected chi connectivity index (χ3v) is 3.03. The Morgan fingerprint density at radius 3 is 1.84 bits per heavy atom. The molecule has 1 aromatic rings. The quantitative estimate of drug-likeness (QED) is 0.419. The van der Waals surface area contributed by atoms with Crippen molar-refractivity contribution < 1.29 is 73.5 Å². The Kier molecular flexibility index (Phi) is 7.50. The number of carbonyl (C=O) groups is 3. The minimum absolute atomic E-state index is 0. The van der Waals surface area contributed by atoms with Crippen LogP contribution in [0.25, 0.3) is 0 Å². The zero-order valence-corrected chi connectivity index (χ0v) is 15.3. The standard InChI is InChI=1S/C12H12N2O3.2Na/c1-2-12(8-6-4-3-5-7-8)9(15)13-11(17)14-10(12)16;;/h3-7H,2H2,1H3,(H2,13,14,15,16,17);;/q;2*+1.